The molecule has 0 aliphatic rings. The lowest BCUT2D eigenvalue weighted by molar-refractivity contribution is 0.102. The van der Waals surface area contributed by atoms with Crippen molar-refractivity contribution < 1.29 is 17.6 Å². The summed E-state index contributed by atoms with van der Waals surface area (Å²) in [7, 11) is -3.73. The minimum absolute atomic E-state index is 0.0459. The standard InChI is InChI=1S/C16H16ClFN2O3S/c1-10(2)20-24(22,23)12-6-3-5-11(9-12)16(21)19-14-8-4-7-13(17)15(14)18/h3-10,20H,1-2H3,(H,19,21). The van der Waals surface area contributed by atoms with Crippen molar-refractivity contribution in [1.29, 1.82) is 0 Å². The number of hydrogen-bond donors (Lipinski definition) is 2. The van der Waals surface area contributed by atoms with Crippen LogP contribution in [-0.4, -0.2) is 20.4 Å². The summed E-state index contributed by atoms with van der Waals surface area (Å²) < 4.78 is 40.6. The Morgan fingerprint density at radius 3 is 2.50 bits per heavy atom. The van der Waals surface area contributed by atoms with Crippen LogP contribution in [0.4, 0.5) is 10.1 Å². The maximum atomic E-state index is 13.8. The van der Waals surface area contributed by atoms with Crippen LogP contribution in [0.25, 0.3) is 0 Å². The predicted molar refractivity (Wildman–Crippen MR) is 91.3 cm³/mol. The molecule has 5 nitrogen and oxygen atoms in total. The Morgan fingerprint density at radius 1 is 1.17 bits per heavy atom. The summed E-state index contributed by atoms with van der Waals surface area (Å²) in [6.45, 7) is 3.38. The smallest absolute Gasteiger partial charge is 0.255 e. The van der Waals surface area contributed by atoms with Gasteiger partial charge in [-0.2, -0.15) is 0 Å². The minimum Gasteiger partial charge on any atom is -0.319 e. The van der Waals surface area contributed by atoms with Crippen molar-refractivity contribution in [3.63, 3.8) is 0 Å². The molecule has 24 heavy (non-hydrogen) atoms. The predicted octanol–water partition coefficient (Wildman–Crippen LogP) is 3.42. The van der Waals surface area contributed by atoms with Gasteiger partial charge in [0.25, 0.3) is 5.91 Å². The molecule has 0 saturated carbocycles. The van der Waals surface area contributed by atoms with Gasteiger partial charge in [0, 0.05) is 11.6 Å². The van der Waals surface area contributed by atoms with E-state index >= 15 is 0 Å². The van der Waals surface area contributed by atoms with E-state index in [1.165, 1.54) is 42.5 Å². The quantitative estimate of drug-likeness (QED) is 0.846. The highest BCUT2D eigenvalue weighted by molar-refractivity contribution is 7.89. The number of nitrogens with one attached hydrogen (secondary N) is 2. The lowest BCUT2D eigenvalue weighted by Crippen LogP contribution is -2.30. The molecule has 0 bridgehead atoms. The number of rotatable bonds is 5. The third-order valence-corrected chi connectivity index (χ3v) is 4.95. The van der Waals surface area contributed by atoms with Gasteiger partial charge in [0.2, 0.25) is 10.0 Å². The number of hydrogen-bond acceptors (Lipinski definition) is 3. The third kappa shape index (κ3) is 4.31. The van der Waals surface area contributed by atoms with Crippen LogP contribution in [0.3, 0.4) is 0 Å². The maximum Gasteiger partial charge on any atom is 0.255 e. The molecule has 0 fully saturated rings. The molecule has 0 unspecified atom stereocenters. The Bertz CT molecular complexity index is 869. The van der Waals surface area contributed by atoms with Crippen molar-refractivity contribution >= 4 is 33.2 Å². The molecule has 8 heteroatoms. The fraction of sp³-hybridized carbons (Fsp3) is 0.188. The second-order valence-electron chi connectivity index (χ2n) is 5.36. The highest BCUT2D eigenvalue weighted by Crippen LogP contribution is 2.23. The molecule has 2 N–H and O–H groups in total. The van der Waals surface area contributed by atoms with Crippen LogP contribution in [0.5, 0.6) is 0 Å². The van der Waals surface area contributed by atoms with Gasteiger partial charge in [-0.3, -0.25) is 4.79 Å². The summed E-state index contributed by atoms with van der Waals surface area (Å²) in [4.78, 5) is 12.2. The number of carbonyl (C=O) groups excluding carboxylic acids is 1. The average Bonchev–Trinajstić information content (AvgIpc) is 2.51. The van der Waals surface area contributed by atoms with E-state index in [4.69, 9.17) is 11.6 Å². The summed E-state index contributed by atoms with van der Waals surface area (Å²) >= 11 is 5.66. The summed E-state index contributed by atoms with van der Waals surface area (Å²) in [5.74, 6) is -1.39. The first kappa shape index (κ1) is 18.4. The zero-order valence-corrected chi connectivity index (χ0v) is 14.6. The molecule has 0 saturated heterocycles. The molecule has 0 spiro atoms. The van der Waals surface area contributed by atoms with E-state index in [9.17, 15) is 17.6 Å². The average molecular weight is 371 g/mol. The highest BCUT2D eigenvalue weighted by atomic mass is 35.5. The van der Waals surface area contributed by atoms with Gasteiger partial charge in [0.1, 0.15) is 0 Å². The molecule has 0 atom stereocenters. The van der Waals surface area contributed by atoms with Gasteiger partial charge in [0.05, 0.1) is 15.6 Å². The maximum absolute atomic E-state index is 13.8. The van der Waals surface area contributed by atoms with Crippen LogP contribution in [0, 0.1) is 5.82 Å². The number of amides is 1. The largest absolute Gasteiger partial charge is 0.319 e. The van der Waals surface area contributed by atoms with Crippen molar-refractivity contribution in [3.8, 4) is 0 Å². The molecule has 0 radical (unpaired) electrons. The van der Waals surface area contributed by atoms with Gasteiger partial charge in [0.15, 0.2) is 5.82 Å². The molecule has 0 heterocycles. The van der Waals surface area contributed by atoms with E-state index in [-0.39, 0.29) is 27.2 Å². The van der Waals surface area contributed by atoms with Gasteiger partial charge in [-0.1, -0.05) is 23.7 Å². The van der Waals surface area contributed by atoms with Crippen molar-refractivity contribution in [2.24, 2.45) is 0 Å². The Balaban J connectivity index is 2.28. The molecule has 2 rings (SSSR count). The van der Waals surface area contributed by atoms with Crippen LogP contribution in [0.15, 0.2) is 47.4 Å². The van der Waals surface area contributed by atoms with Gasteiger partial charge in [-0.15, -0.1) is 0 Å². The fourth-order valence-corrected chi connectivity index (χ4v) is 3.45. The van der Waals surface area contributed by atoms with Crippen LogP contribution in [0.1, 0.15) is 24.2 Å². The van der Waals surface area contributed by atoms with E-state index in [2.05, 4.69) is 10.0 Å². The Morgan fingerprint density at radius 2 is 1.83 bits per heavy atom. The fourth-order valence-electron chi connectivity index (χ4n) is 1.98. The number of benzene rings is 2. The van der Waals surface area contributed by atoms with Gasteiger partial charge in [-0.05, 0) is 44.2 Å². The van der Waals surface area contributed by atoms with Crippen LogP contribution in [-0.2, 0) is 10.0 Å². The number of halogens is 2. The Labute approximate surface area is 144 Å². The molecular formula is C16H16ClFN2O3S. The molecule has 2 aromatic rings. The molecule has 0 aliphatic carbocycles. The van der Waals surface area contributed by atoms with Crippen molar-refractivity contribution in [3.05, 3.63) is 58.9 Å². The van der Waals surface area contributed by atoms with E-state index in [1.54, 1.807) is 13.8 Å². The number of anilines is 1. The summed E-state index contributed by atoms with van der Waals surface area (Å²) in [6, 6.07) is 9.41. The Hall–Kier alpha value is -1.96. The van der Waals surface area contributed by atoms with E-state index < -0.39 is 21.7 Å². The molecule has 128 valence electrons. The van der Waals surface area contributed by atoms with Crippen LogP contribution < -0.4 is 10.0 Å². The first-order valence-electron chi connectivity index (χ1n) is 7.08. The normalized spacial score (nSPS) is 11.5. The summed E-state index contributed by atoms with van der Waals surface area (Å²) in [5, 5.41) is 2.25. The lowest BCUT2D eigenvalue weighted by Gasteiger charge is -2.11. The van der Waals surface area contributed by atoms with Gasteiger partial charge >= 0.3 is 0 Å². The van der Waals surface area contributed by atoms with E-state index in [0.717, 1.165) is 0 Å². The third-order valence-electron chi connectivity index (χ3n) is 3.00. The molecular weight excluding hydrogens is 355 g/mol. The topological polar surface area (TPSA) is 75.3 Å². The number of carbonyl (C=O) groups is 1. The second-order valence-corrected chi connectivity index (χ2v) is 7.48. The van der Waals surface area contributed by atoms with Crippen LogP contribution >= 0.6 is 11.6 Å². The molecule has 2 aromatic carbocycles. The van der Waals surface area contributed by atoms with Gasteiger partial charge in [-0.25, -0.2) is 17.5 Å². The SMILES string of the molecule is CC(C)NS(=O)(=O)c1cccc(C(=O)Nc2cccc(Cl)c2F)c1. The molecule has 0 aliphatic heterocycles. The zero-order chi connectivity index (χ0) is 17.9. The summed E-state index contributed by atoms with van der Waals surface area (Å²) in [5.41, 5.74) is 0.00192. The molecule has 1 amide bonds. The first-order valence-corrected chi connectivity index (χ1v) is 8.94. The first-order chi connectivity index (χ1) is 11.2. The number of sulfonamides is 1. The zero-order valence-electron chi connectivity index (χ0n) is 13.0. The van der Waals surface area contributed by atoms with E-state index in [0.29, 0.717) is 0 Å². The van der Waals surface area contributed by atoms with Gasteiger partial charge < -0.3 is 5.32 Å². The highest BCUT2D eigenvalue weighted by Gasteiger charge is 2.18. The lowest BCUT2D eigenvalue weighted by atomic mass is 10.2. The second kappa shape index (κ2) is 7.29. The van der Waals surface area contributed by atoms with Crippen molar-refractivity contribution in [2.45, 2.75) is 24.8 Å². The van der Waals surface area contributed by atoms with Crippen LogP contribution in [0.2, 0.25) is 5.02 Å². The van der Waals surface area contributed by atoms with E-state index in [1.807, 2.05) is 0 Å². The minimum atomic E-state index is -3.73. The van der Waals surface area contributed by atoms with Crippen molar-refractivity contribution in [1.82, 2.24) is 4.72 Å². The molecule has 0 aromatic heterocycles. The monoisotopic (exact) mass is 370 g/mol. The van der Waals surface area contributed by atoms with Crippen molar-refractivity contribution in [2.75, 3.05) is 5.32 Å². The summed E-state index contributed by atoms with van der Waals surface area (Å²) in [6.07, 6.45) is 0. The Kier molecular flexibility index (Phi) is 5.58.